The SMILES string of the molecule is Cc1ccc(S(=O)(=O)N2CCCC2C(=O)N2CCCC(N)C2)s1.Cl. The van der Waals surface area contributed by atoms with Crippen molar-refractivity contribution in [1.82, 2.24) is 9.21 Å². The van der Waals surface area contributed by atoms with Crippen molar-refractivity contribution in [3.63, 3.8) is 0 Å². The monoisotopic (exact) mass is 393 g/mol. The van der Waals surface area contributed by atoms with Crippen molar-refractivity contribution < 1.29 is 13.2 Å². The van der Waals surface area contributed by atoms with Gasteiger partial charge in [0, 0.05) is 30.6 Å². The van der Waals surface area contributed by atoms with Gasteiger partial charge in [0.2, 0.25) is 5.91 Å². The number of sulfonamides is 1. The van der Waals surface area contributed by atoms with Gasteiger partial charge in [-0.25, -0.2) is 8.42 Å². The molecule has 24 heavy (non-hydrogen) atoms. The number of likely N-dealkylation sites (tertiary alicyclic amines) is 1. The minimum Gasteiger partial charge on any atom is -0.340 e. The van der Waals surface area contributed by atoms with Crippen molar-refractivity contribution in [3.8, 4) is 0 Å². The predicted molar refractivity (Wildman–Crippen MR) is 97.0 cm³/mol. The summed E-state index contributed by atoms with van der Waals surface area (Å²) in [6, 6.07) is 2.85. The summed E-state index contributed by atoms with van der Waals surface area (Å²) in [5, 5.41) is 0. The van der Waals surface area contributed by atoms with Crippen molar-refractivity contribution in [2.45, 2.75) is 48.9 Å². The number of carbonyl (C=O) groups is 1. The third kappa shape index (κ3) is 3.77. The van der Waals surface area contributed by atoms with E-state index in [0.29, 0.717) is 30.3 Å². The molecule has 0 saturated carbocycles. The second-order valence-corrected chi connectivity index (χ2v) is 9.73. The molecule has 0 aliphatic carbocycles. The number of piperidine rings is 1. The number of aryl methyl sites for hydroxylation is 1. The van der Waals surface area contributed by atoms with Crippen molar-refractivity contribution >= 4 is 39.7 Å². The lowest BCUT2D eigenvalue weighted by Gasteiger charge is -2.34. The Kier molecular flexibility index (Phi) is 6.30. The summed E-state index contributed by atoms with van der Waals surface area (Å²) in [5.74, 6) is -0.0884. The maximum atomic E-state index is 12.9. The van der Waals surface area contributed by atoms with E-state index >= 15 is 0 Å². The highest BCUT2D eigenvalue weighted by molar-refractivity contribution is 7.91. The molecule has 136 valence electrons. The molecule has 9 heteroatoms. The molecule has 2 saturated heterocycles. The summed E-state index contributed by atoms with van der Waals surface area (Å²) in [6.07, 6.45) is 3.12. The van der Waals surface area contributed by atoms with Crippen molar-refractivity contribution in [3.05, 3.63) is 17.0 Å². The summed E-state index contributed by atoms with van der Waals surface area (Å²) in [5.41, 5.74) is 5.95. The molecule has 0 radical (unpaired) electrons. The minimum absolute atomic E-state index is 0. The van der Waals surface area contributed by atoms with Crippen LogP contribution < -0.4 is 5.73 Å². The molecule has 0 spiro atoms. The van der Waals surface area contributed by atoms with Gasteiger partial charge >= 0.3 is 0 Å². The Morgan fingerprint density at radius 3 is 2.58 bits per heavy atom. The second kappa shape index (κ2) is 7.70. The third-order valence-corrected chi connectivity index (χ3v) is 7.91. The number of thiophene rings is 1. The fourth-order valence-corrected chi connectivity index (χ4v) is 6.43. The van der Waals surface area contributed by atoms with E-state index in [-0.39, 0.29) is 24.4 Å². The maximum Gasteiger partial charge on any atom is 0.253 e. The van der Waals surface area contributed by atoms with Crippen LogP contribution in [0.4, 0.5) is 0 Å². The van der Waals surface area contributed by atoms with Gasteiger partial charge in [-0.15, -0.1) is 23.7 Å². The van der Waals surface area contributed by atoms with E-state index in [1.165, 1.54) is 15.6 Å². The number of rotatable bonds is 3. The zero-order valence-corrected chi connectivity index (χ0v) is 16.1. The van der Waals surface area contributed by atoms with Crippen molar-refractivity contribution in [2.24, 2.45) is 5.73 Å². The Bertz CT molecular complexity index is 692. The Balaban J connectivity index is 0.00000208. The van der Waals surface area contributed by atoms with Gasteiger partial charge in [-0.3, -0.25) is 4.79 Å². The van der Waals surface area contributed by atoms with E-state index in [9.17, 15) is 13.2 Å². The standard InChI is InChI=1S/C15H23N3O3S2.ClH/c1-11-6-7-14(22-11)23(20,21)18-9-3-5-13(18)15(19)17-8-2-4-12(16)10-17;/h6-7,12-13H,2-5,8-10,16H2,1H3;1H. The molecular weight excluding hydrogens is 370 g/mol. The van der Waals surface area contributed by atoms with E-state index < -0.39 is 16.1 Å². The average Bonchev–Trinajstić information content (AvgIpc) is 3.15. The summed E-state index contributed by atoms with van der Waals surface area (Å²) in [4.78, 5) is 15.5. The molecule has 2 fully saturated rings. The van der Waals surface area contributed by atoms with Crippen LogP contribution in [0, 0.1) is 6.92 Å². The van der Waals surface area contributed by atoms with Crippen LogP contribution in [0.25, 0.3) is 0 Å². The fraction of sp³-hybridized carbons (Fsp3) is 0.667. The Morgan fingerprint density at radius 2 is 1.96 bits per heavy atom. The van der Waals surface area contributed by atoms with Crippen LogP contribution in [0.5, 0.6) is 0 Å². The molecule has 2 aliphatic rings. The molecule has 2 atom stereocenters. The zero-order chi connectivity index (χ0) is 16.6. The second-order valence-electron chi connectivity index (χ2n) is 6.33. The quantitative estimate of drug-likeness (QED) is 0.844. The first-order valence-electron chi connectivity index (χ1n) is 8.02. The smallest absolute Gasteiger partial charge is 0.253 e. The van der Waals surface area contributed by atoms with Gasteiger partial charge in [-0.05, 0) is 44.7 Å². The van der Waals surface area contributed by atoms with Gasteiger partial charge in [0.05, 0.1) is 0 Å². The zero-order valence-electron chi connectivity index (χ0n) is 13.7. The first-order valence-corrected chi connectivity index (χ1v) is 10.3. The van der Waals surface area contributed by atoms with Crippen LogP contribution in [-0.4, -0.2) is 55.2 Å². The first kappa shape index (κ1) is 19.7. The molecule has 0 aromatic carbocycles. The highest BCUT2D eigenvalue weighted by Crippen LogP contribution is 2.31. The van der Waals surface area contributed by atoms with Gasteiger partial charge in [0.1, 0.15) is 10.3 Å². The van der Waals surface area contributed by atoms with E-state index in [0.717, 1.165) is 24.1 Å². The fourth-order valence-electron chi connectivity index (χ4n) is 3.36. The molecule has 2 unspecified atom stereocenters. The first-order chi connectivity index (χ1) is 10.9. The normalized spacial score (nSPS) is 25.5. The number of nitrogens with zero attached hydrogens (tertiary/aromatic N) is 2. The molecule has 2 N–H and O–H groups in total. The molecule has 3 heterocycles. The molecule has 2 aliphatic heterocycles. The van der Waals surface area contributed by atoms with E-state index in [1.54, 1.807) is 17.0 Å². The molecule has 1 amide bonds. The van der Waals surface area contributed by atoms with Crippen LogP contribution in [-0.2, 0) is 14.8 Å². The number of carbonyl (C=O) groups excluding carboxylic acids is 1. The third-order valence-electron chi connectivity index (χ3n) is 4.54. The van der Waals surface area contributed by atoms with Crippen LogP contribution in [0.3, 0.4) is 0 Å². The molecule has 1 aromatic heterocycles. The van der Waals surface area contributed by atoms with E-state index in [2.05, 4.69) is 0 Å². The highest BCUT2D eigenvalue weighted by atomic mass is 35.5. The summed E-state index contributed by atoms with van der Waals surface area (Å²) in [7, 11) is -3.59. The van der Waals surface area contributed by atoms with E-state index in [1.807, 2.05) is 6.92 Å². The summed E-state index contributed by atoms with van der Waals surface area (Å²) < 4.78 is 27.4. The largest absolute Gasteiger partial charge is 0.340 e. The van der Waals surface area contributed by atoms with Crippen LogP contribution in [0.15, 0.2) is 16.3 Å². The van der Waals surface area contributed by atoms with Gasteiger partial charge < -0.3 is 10.6 Å². The molecule has 6 nitrogen and oxygen atoms in total. The van der Waals surface area contributed by atoms with Crippen molar-refractivity contribution in [1.29, 1.82) is 0 Å². The molecule has 0 bridgehead atoms. The Hall–Kier alpha value is -0.670. The van der Waals surface area contributed by atoms with Crippen LogP contribution in [0.1, 0.15) is 30.6 Å². The van der Waals surface area contributed by atoms with Crippen LogP contribution >= 0.6 is 23.7 Å². The summed E-state index contributed by atoms with van der Waals surface area (Å²) >= 11 is 1.26. The lowest BCUT2D eigenvalue weighted by molar-refractivity contribution is -0.135. The number of nitrogens with two attached hydrogens (primary N) is 1. The average molecular weight is 394 g/mol. The van der Waals surface area contributed by atoms with Gasteiger partial charge in [-0.1, -0.05) is 0 Å². The van der Waals surface area contributed by atoms with Gasteiger partial charge in [0.25, 0.3) is 10.0 Å². The topological polar surface area (TPSA) is 83.7 Å². The number of hydrogen-bond donors (Lipinski definition) is 1. The van der Waals surface area contributed by atoms with Gasteiger partial charge in [0.15, 0.2) is 0 Å². The molecule has 3 rings (SSSR count). The minimum atomic E-state index is -3.59. The predicted octanol–water partition coefficient (Wildman–Crippen LogP) is 1.58. The lowest BCUT2D eigenvalue weighted by Crippen LogP contribution is -2.52. The Morgan fingerprint density at radius 1 is 1.25 bits per heavy atom. The van der Waals surface area contributed by atoms with E-state index in [4.69, 9.17) is 5.73 Å². The Labute approximate surface area is 153 Å². The highest BCUT2D eigenvalue weighted by Gasteiger charge is 2.42. The van der Waals surface area contributed by atoms with Gasteiger partial charge in [-0.2, -0.15) is 4.31 Å². The number of amides is 1. The maximum absolute atomic E-state index is 12.9. The lowest BCUT2D eigenvalue weighted by atomic mass is 10.1. The summed E-state index contributed by atoms with van der Waals surface area (Å²) in [6.45, 7) is 3.50. The number of halogens is 1. The molecule has 1 aromatic rings. The van der Waals surface area contributed by atoms with Crippen LogP contribution in [0.2, 0.25) is 0 Å². The van der Waals surface area contributed by atoms with Crippen molar-refractivity contribution in [2.75, 3.05) is 19.6 Å². The number of hydrogen-bond acceptors (Lipinski definition) is 5. The molecular formula is C15H24ClN3O3S2.